The summed E-state index contributed by atoms with van der Waals surface area (Å²) in [6.07, 6.45) is 0. The second kappa shape index (κ2) is 4.77. The van der Waals surface area contributed by atoms with Crippen LogP contribution < -0.4 is 5.32 Å². The molecule has 0 spiro atoms. The highest BCUT2D eigenvalue weighted by Gasteiger charge is 2.29. The van der Waals surface area contributed by atoms with Crippen LogP contribution >= 0.6 is 0 Å². The van der Waals surface area contributed by atoms with Crippen LogP contribution in [0.3, 0.4) is 0 Å². The number of piperazine rings is 1. The zero-order valence-corrected chi connectivity index (χ0v) is 10.4. The quantitative estimate of drug-likeness (QED) is 0.609. The second-order valence-corrected chi connectivity index (χ2v) is 4.44. The lowest BCUT2D eigenvalue weighted by molar-refractivity contribution is -0.391. The molecule has 1 aromatic heterocycles. The van der Waals surface area contributed by atoms with Gasteiger partial charge in [-0.25, -0.2) is 4.57 Å². The van der Waals surface area contributed by atoms with Crippen molar-refractivity contribution in [3.05, 3.63) is 27.9 Å². The van der Waals surface area contributed by atoms with Gasteiger partial charge in [0.2, 0.25) is 0 Å². The van der Waals surface area contributed by atoms with E-state index in [0.29, 0.717) is 12.2 Å². The Bertz CT molecular complexity index is 483. The lowest BCUT2D eigenvalue weighted by Gasteiger charge is -2.33. The summed E-state index contributed by atoms with van der Waals surface area (Å²) in [5.74, 6) is -0.222. The first-order valence-electron chi connectivity index (χ1n) is 5.84. The van der Waals surface area contributed by atoms with E-state index in [9.17, 15) is 14.9 Å². The molecule has 1 N–H and O–H groups in total. The second-order valence-electron chi connectivity index (χ2n) is 4.44. The number of nitrogens with one attached hydrogen (secondary N) is 1. The molecule has 1 amide bonds. The Morgan fingerprint density at radius 2 is 2.28 bits per heavy atom. The Kier molecular flexibility index (Phi) is 3.33. The zero-order valence-electron chi connectivity index (χ0n) is 10.4. The van der Waals surface area contributed by atoms with Gasteiger partial charge in [0.25, 0.3) is 5.91 Å². The maximum absolute atomic E-state index is 12.3. The van der Waals surface area contributed by atoms with E-state index in [0.717, 1.165) is 13.1 Å². The minimum Gasteiger partial charge on any atom is -0.358 e. The third-order valence-corrected chi connectivity index (χ3v) is 3.26. The number of hydrogen-bond donors (Lipinski definition) is 1. The molecular weight excluding hydrogens is 236 g/mol. The molecule has 1 aliphatic rings. The third-order valence-electron chi connectivity index (χ3n) is 3.26. The predicted molar refractivity (Wildman–Crippen MR) is 65.4 cm³/mol. The number of nitro groups is 1. The van der Waals surface area contributed by atoms with Gasteiger partial charge in [0.05, 0.1) is 7.05 Å². The molecule has 0 unspecified atom stereocenters. The number of carbonyl (C=O) groups excluding carboxylic acids is 1. The highest BCUT2D eigenvalue weighted by molar-refractivity contribution is 5.93. The van der Waals surface area contributed by atoms with Crippen LogP contribution in [-0.2, 0) is 7.05 Å². The lowest BCUT2D eigenvalue weighted by atomic mass is 10.2. The van der Waals surface area contributed by atoms with Crippen molar-refractivity contribution in [3.63, 3.8) is 0 Å². The molecule has 0 aliphatic carbocycles. The monoisotopic (exact) mass is 252 g/mol. The average Bonchev–Trinajstić information content (AvgIpc) is 2.71. The van der Waals surface area contributed by atoms with Gasteiger partial charge in [-0.1, -0.05) is 0 Å². The first-order chi connectivity index (χ1) is 8.52. The number of amides is 1. The highest BCUT2D eigenvalue weighted by Crippen LogP contribution is 2.18. The van der Waals surface area contributed by atoms with Crippen LogP contribution in [0.4, 0.5) is 5.82 Å². The van der Waals surface area contributed by atoms with Crippen molar-refractivity contribution < 1.29 is 9.72 Å². The van der Waals surface area contributed by atoms with E-state index in [-0.39, 0.29) is 17.8 Å². The Morgan fingerprint density at radius 3 is 2.83 bits per heavy atom. The molecule has 1 aromatic rings. The highest BCUT2D eigenvalue weighted by atomic mass is 16.6. The normalized spacial score (nSPS) is 19.9. The predicted octanol–water partition coefficient (Wildman–Crippen LogP) is 0.367. The van der Waals surface area contributed by atoms with Crippen LogP contribution in [0, 0.1) is 10.1 Å². The molecule has 1 atom stereocenters. The maximum Gasteiger partial charge on any atom is 0.323 e. The van der Waals surface area contributed by atoms with Crippen molar-refractivity contribution in [3.8, 4) is 0 Å². The summed E-state index contributed by atoms with van der Waals surface area (Å²) in [6.45, 7) is 4.08. The smallest absolute Gasteiger partial charge is 0.323 e. The van der Waals surface area contributed by atoms with E-state index >= 15 is 0 Å². The van der Waals surface area contributed by atoms with E-state index in [1.807, 2.05) is 6.92 Å². The van der Waals surface area contributed by atoms with E-state index in [4.69, 9.17) is 0 Å². The fourth-order valence-corrected chi connectivity index (χ4v) is 2.19. The molecule has 1 aliphatic heterocycles. The molecule has 1 fully saturated rings. The van der Waals surface area contributed by atoms with Gasteiger partial charge in [-0.15, -0.1) is 0 Å². The standard InChI is InChI=1S/C11H16N4O3/c1-8-7-12-5-6-14(8)11(16)9-3-4-10(13(9)2)15(17)18/h3-4,8,12H,5-7H2,1-2H3/t8-/m0/s1. The Labute approximate surface area is 105 Å². The molecule has 18 heavy (non-hydrogen) atoms. The zero-order chi connectivity index (χ0) is 13.3. The van der Waals surface area contributed by atoms with Gasteiger partial charge in [0.1, 0.15) is 0 Å². The molecule has 0 radical (unpaired) electrons. The van der Waals surface area contributed by atoms with Gasteiger partial charge in [-0.3, -0.25) is 4.79 Å². The number of nitrogens with zero attached hydrogens (tertiary/aromatic N) is 3. The summed E-state index contributed by atoms with van der Waals surface area (Å²) in [5.41, 5.74) is 0.357. The first-order valence-corrected chi connectivity index (χ1v) is 5.84. The molecule has 7 nitrogen and oxygen atoms in total. The lowest BCUT2D eigenvalue weighted by Crippen LogP contribution is -2.52. The molecule has 98 valence electrons. The van der Waals surface area contributed by atoms with Crippen LogP contribution in [0.15, 0.2) is 12.1 Å². The van der Waals surface area contributed by atoms with E-state index in [1.54, 1.807) is 4.90 Å². The molecule has 2 rings (SSSR count). The van der Waals surface area contributed by atoms with Gasteiger partial charge in [0, 0.05) is 31.7 Å². The number of hydrogen-bond acceptors (Lipinski definition) is 4. The van der Waals surface area contributed by atoms with Gasteiger partial charge in [-0.2, -0.15) is 0 Å². The van der Waals surface area contributed by atoms with Crippen molar-refractivity contribution >= 4 is 11.7 Å². The van der Waals surface area contributed by atoms with Crippen LogP contribution in [-0.4, -0.2) is 46.0 Å². The number of carbonyl (C=O) groups is 1. The van der Waals surface area contributed by atoms with Crippen molar-refractivity contribution in [2.24, 2.45) is 7.05 Å². The van der Waals surface area contributed by atoms with Gasteiger partial charge >= 0.3 is 5.82 Å². The van der Waals surface area contributed by atoms with Gasteiger partial charge in [-0.05, 0) is 17.9 Å². The molecule has 7 heteroatoms. The summed E-state index contributed by atoms with van der Waals surface area (Å²) in [4.78, 5) is 24.3. The third kappa shape index (κ3) is 2.08. The molecule has 1 saturated heterocycles. The van der Waals surface area contributed by atoms with Crippen LogP contribution in [0.25, 0.3) is 0 Å². The molecule has 0 bridgehead atoms. The topological polar surface area (TPSA) is 80.4 Å². The van der Waals surface area contributed by atoms with Crippen molar-refractivity contribution in [2.45, 2.75) is 13.0 Å². The summed E-state index contributed by atoms with van der Waals surface area (Å²) >= 11 is 0. The average molecular weight is 252 g/mol. The number of rotatable bonds is 2. The summed E-state index contributed by atoms with van der Waals surface area (Å²) in [7, 11) is 1.54. The Hall–Kier alpha value is -1.89. The molecular formula is C11H16N4O3. The van der Waals surface area contributed by atoms with Crippen LogP contribution in [0.1, 0.15) is 17.4 Å². The van der Waals surface area contributed by atoms with E-state index in [1.165, 1.54) is 23.7 Å². The Morgan fingerprint density at radius 1 is 1.56 bits per heavy atom. The minimum atomic E-state index is -0.488. The fraction of sp³-hybridized carbons (Fsp3) is 0.545. The summed E-state index contributed by atoms with van der Waals surface area (Å²) < 4.78 is 1.33. The fourth-order valence-electron chi connectivity index (χ4n) is 2.19. The minimum absolute atomic E-state index is 0.0684. The SMILES string of the molecule is C[C@H]1CNCCN1C(=O)c1ccc([N+](=O)[O-])n1C. The van der Waals surface area contributed by atoms with Gasteiger partial charge < -0.3 is 20.3 Å². The summed E-state index contributed by atoms with van der Waals surface area (Å²) in [6, 6.07) is 2.97. The molecule has 2 heterocycles. The Balaban J connectivity index is 2.26. The first kappa shape index (κ1) is 12.6. The van der Waals surface area contributed by atoms with Gasteiger partial charge in [0.15, 0.2) is 5.69 Å². The summed E-state index contributed by atoms with van der Waals surface area (Å²) in [5, 5.41) is 13.9. The molecule has 0 aromatic carbocycles. The van der Waals surface area contributed by atoms with E-state index in [2.05, 4.69) is 5.32 Å². The number of aromatic nitrogens is 1. The van der Waals surface area contributed by atoms with Crippen molar-refractivity contribution in [2.75, 3.05) is 19.6 Å². The van der Waals surface area contributed by atoms with Crippen molar-refractivity contribution in [1.29, 1.82) is 0 Å². The van der Waals surface area contributed by atoms with E-state index < -0.39 is 4.92 Å². The maximum atomic E-state index is 12.3. The largest absolute Gasteiger partial charge is 0.358 e. The molecule has 0 saturated carbocycles. The van der Waals surface area contributed by atoms with Crippen LogP contribution in [0.2, 0.25) is 0 Å². The van der Waals surface area contributed by atoms with Crippen molar-refractivity contribution in [1.82, 2.24) is 14.8 Å². The van der Waals surface area contributed by atoms with Crippen LogP contribution in [0.5, 0.6) is 0 Å².